The molecule has 0 unspecified atom stereocenters. The van der Waals surface area contributed by atoms with E-state index in [1.54, 1.807) is 66.7 Å². The van der Waals surface area contributed by atoms with Crippen LogP contribution in [0.3, 0.4) is 0 Å². The number of carboxylic acid groups (broad SMARTS) is 1. The molecule has 0 aromatic heterocycles. The van der Waals surface area contributed by atoms with Gasteiger partial charge in [0.1, 0.15) is 45.4 Å². The zero-order valence-corrected chi connectivity index (χ0v) is 72.0. The Morgan fingerprint density at radius 1 is 0.280 bits per heavy atom. The summed E-state index contributed by atoms with van der Waals surface area (Å²) in [7, 11) is 1.51. The van der Waals surface area contributed by atoms with E-state index in [1.807, 2.05) is 169 Å². The van der Waals surface area contributed by atoms with Crippen molar-refractivity contribution in [1.82, 2.24) is 30.4 Å². The van der Waals surface area contributed by atoms with E-state index in [0.717, 1.165) is 82.5 Å². The number of aromatic carboxylic acids is 1. The van der Waals surface area contributed by atoms with Crippen molar-refractivity contribution in [3.63, 3.8) is 0 Å². The molecule has 132 heavy (non-hydrogen) atoms. The van der Waals surface area contributed by atoms with Gasteiger partial charge in [-0.25, -0.2) is 4.79 Å². The number of hydroxylamine groups is 12. The van der Waals surface area contributed by atoms with Gasteiger partial charge in [0.2, 0.25) is 0 Å². The van der Waals surface area contributed by atoms with Gasteiger partial charge in [-0.05, 0) is 160 Å². The lowest BCUT2D eigenvalue weighted by Gasteiger charge is -2.13. The molecule has 0 saturated carbocycles. The molecule has 0 radical (unpaired) electrons. The Labute approximate surface area is 756 Å². The molecule has 0 atom stereocenters. The van der Waals surface area contributed by atoms with Crippen LogP contribution in [0.4, 0.5) is 11.4 Å². The summed E-state index contributed by atoms with van der Waals surface area (Å²) in [5, 5.41) is 35.3. The van der Waals surface area contributed by atoms with Crippen LogP contribution < -0.4 is 4.74 Å². The molecule has 6 heterocycles. The highest BCUT2D eigenvalue weighted by molar-refractivity contribution is 6.32. The first-order valence-corrected chi connectivity index (χ1v) is 40.6. The number of hydrogen-bond donors (Lipinski definition) is 1. The van der Waals surface area contributed by atoms with Crippen molar-refractivity contribution >= 4 is 99.8 Å². The van der Waals surface area contributed by atoms with Gasteiger partial charge in [0.25, 0.3) is 82.3 Å². The molecule has 0 bridgehead atoms. The third kappa shape index (κ3) is 21.4. The smallest absolute Gasteiger partial charge is 0.335 e. The zero-order chi connectivity index (χ0) is 94.5. The molecule has 0 saturated heterocycles. The number of nitro groups is 2. The minimum atomic E-state index is -1.16. The Bertz CT molecular complexity index is 6350. The fourth-order valence-electron chi connectivity index (χ4n) is 13.4. The molecule has 12 aromatic rings. The SMILES string of the molecule is COc1ccc2c(c1)C(=O)N(OCc1ccc(C)cc1)C2=O.Cc1ccc(CON2C(=O)c3ccc(C(=O)O)cc3C2=O)cc1.Cc1ccc(CON2C(=O)c3ccc(C)cc3C2=O)cc1.Cc1ccc(CON2C(=O)c3ccc(Cl)cc3C2=O)cc1.Cc1ccc(CON2C(=O)c3ccc([N+](=O)[O-])cc3C2=O)cc1.O=C1c2ccccc2C(=O)N1OCc1cccc([N+](=O)[O-])c1. The van der Waals surface area contributed by atoms with Crippen molar-refractivity contribution < 1.29 is 111 Å². The maximum atomic E-state index is 12.3. The number of rotatable bonds is 22. The van der Waals surface area contributed by atoms with Gasteiger partial charge >= 0.3 is 5.97 Å². The summed E-state index contributed by atoms with van der Waals surface area (Å²) in [6, 6.07) is 72.2. The number of non-ortho nitro benzene ring substituents is 2. The molecule has 33 nitrogen and oxygen atoms in total. The van der Waals surface area contributed by atoms with Crippen LogP contribution in [0.5, 0.6) is 5.75 Å². The predicted octanol–water partition coefficient (Wildman–Crippen LogP) is 16.5. The van der Waals surface area contributed by atoms with E-state index in [-0.39, 0.29) is 95.5 Å². The van der Waals surface area contributed by atoms with Gasteiger partial charge in [-0.2, -0.15) is 0 Å². The minimum absolute atomic E-state index is 0.0203. The summed E-state index contributed by atoms with van der Waals surface area (Å²) in [5.41, 5.74) is 13.8. The van der Waals surface area contributed by atoms with Crippen molar-refractivity contribution in [2.45, 2.75) is 81.2 Å². The molecule has 0 spiro atoms. The highest BCUT2D eigenvalue weighted by Crippen LogP contribution is 2.34. The molecule has 12 amide bonds. The number of aryl methyl sites for hydroxylation is 6. The third-order valence-electron chi connectivity index (χ3n) is 20.7. The van der Waals surface area contributed by atoms with E-state index in [1.165, 1.54) is 67.8 Å². The van der Waals surface area contributed by atoms with Gasteiger partial charge in [-0.1, -0.05) is 197 Å². The standard InChI is InChI=1S/C17H13NO5.C17H15NO4.C17H15NO3.C16H12ClNO3.C16H12N2O5.C15H10N2O5/c1-10-2-4-11(5-3-10)9-23-18-15(19)13-7-6-12(17(21)22)8-14(13)16(18)20;1-11-3-5-12(6-4-11)10-22-18-16(19)14-8-7-13(21-2)9-15(14)17(18)20;1-11-3-6-13(7-4-11)10-21-18-16(19)14-8-5-12(2)9-15(14)17(18)20;1-10-2-4-11(5-3-10)9-21-18-15(19)13-7-6-12(17)8-14(13)16(18)20;1-10-2-4-11(5-3-10)9-23-17-15(19)13-7-6-12(18(21)22)8-14(13)16(17)20;18-14-12-6-1-2-7-13(12)15(19)16(14)22-9-10-4-3-5-11(8-10)17(20)21/h2-8H,9H2,1H3,(H,21,22);3-9H,10H2,1-2H3;3-9H,10H2,1-2H3;2-8H,9H2,1H3;2-8H,9H2,1H3;1-8H,9H2. The summed E-state index contributed by atoms with van der Waals surface area (Å²) in [6.07, 6.45) is 0. The number of halogens is 1. The third-order valence-corrected chi connectivity index (χ3v) is 20.9. The Morgan fingerprint density at radius 3 is 0.886 bits per heavy atom. The summed E-state index contributed by atoms with van der Waals surface area (Å²) in [5.74, 6) is -6.91. The van der Waals surface area contributed by atoms with Crippen LogP contribution in [-0.2, 0) is 68.7 Å². The molecule has 6 aliphatic heterocycles. The van der Waals surface area contributed by atoms with Crippen LogP contribution in [0.15, 0.2) is 261 Å². The van der Waals surface area contributed by atoms with Crippen molar-refractivity contribution in [3.05, 3.63) is 425 Å². The molecule has 666 valence electrons. The van der Waals surface area contributed by atoms with Crippen molar-refractivity contribution in [2.75, 3.05) is 7.11 Å². The van der Waals surface area contributed by atoms with Gasteiger partial charge in [-0.15, -0.1) is 30.4 Å². The molecular weight excluding hydrogens is 1720 g/mol. The molecule has 1 N–H and O–H groups in total. The lowest BCUT2D eigenvalue weighted by molar-refractivity contribution is -0.385. The summed E-state index contributed by atoms with van der Waals surface area (Å²) in [4.78, 5) is 210. The van der Waals surface area contributed by atoms with Crippen molar-refractivity contribution in [2.24, 2.45) is 0 Å². The summed E-state index contributed by atoms with van der Waals surface area (Å²) in [6.45, 7) is 12.2. The van der Waals surface area contributed by atoms with Gasteiger partial charge in [-0.3, -0.25) is 107 Å². The van der Waals surface area contributed by atoms with E-state index >= 15 is 0 Å². The van der Waals surface area contributed by atoms with Crippen molar-refractivity contribution in [3.8, 4) is 5.75 Å². The van der Waals surface area contributed by atoms with Gasteiger partial charge < -0.3 is 9.84 Å². The Balaban J connectivity index is 0.000000135. The highest BCUT2D eigenvalue weighted by atomic mass is 35.5. The lowest BCUT2D eigenvalue weighted by Crippen LogP contribution is -2.29. The molecule has 6 aliphatic rings. The van der Waals surface area contributed by atoms with E-state index < -0.39 is 86.7 Å². The van der Waals surface area contributed by atoms with E-state index in [9.17, 15) is 82.6 Å². The number of methoxy groups -OCH3 is 1. The number of nitrogens with zero attached hydrogens (tertiary/aromatic N) is 8. The Hall–Kier alpha value is -16.4. The van der Waals surface area contributed by atoms with E-state index in [0.29, 0.717) is 59.3 Å². The number of carbonyl (C=O) groups is 13. The number of ether oxygens (including phenoxy) is 1. The number of nitro benzene ring substituents is 2. The largest absolute Gasteiger partial charge is 0.497 e. The predicted molar refractivity (Wildman–Crippen MR) is 469 cm³/mol. The van der Waals surface area contributed by atoms with Crippen LogP contribution in [0, 0.1) is 61.8 Å². The first-order valence-electron chi connectivity index (χ1n) is 40.2. The maximum Gasteiger partial charge on any atom is 0.335 e. The van der Waals surface area contributed by atoms with Crippen molar-refractivity contribution in [1.29, 1.82) is 0 Å². The monoisotopic (exact) mass is 1800 g/mol. The second kappa shape index (κ2) is 41.1. The molecule has 0 fully saturated rings. The number of carbonyl (C=O) groups excluding carboxylic acids is 12. The van der Waals surface area contributed by atoms with Gasteiger partial charge in [0.05, 0.1) is 89.3 Å². The van der Waals surface area contributed by atoms with Crippen LogP contribution in [0.2, 0.25) is 5.02 Å². The number of benzene rings is 12. The quantitative estimate of drug-likeness (QED) is 0.0374. The normalized spacial score (nSPS) is 13.5. The zero-order valence-electron chi connectivity index (χ0n) is 71.3. The molecule has 34 heteroatoms. The molecular formula is C98H77ClN8O25. The maximum absolute atomic E-state index is 12.3. The van der Waals surface area contributed by atoms with Crippen LogP contribution in [0.1, 0.15) is 201 Å². The first kappa shape index (κ1) is 93.2. The number of carboxylic acids is 1. The highest BCUT2D eigenvalue weighted by Gasteiger charge is 2.43. The average Bonchev–Trinajstić information content (AvgIpc) is 1.67. The fourth-order valence-corrected chi connectivity index (χ4v) is 13.6. The lowest BCUT2D eigenvalue weighted by atomic mass is 10.1. The second-order valence-corrected chi connectivity index (χ2v) is 30.6. The van der Waals surface area contributed by atoms with E-state index in [4.69, 9.17) is 50.5 Å². The topological polar surface area (TPSA) is 412 Å². The Morgan fingerprint density at radius 2 is 0.545 bits per heavy atom. The molecule has 0 aliphatic carbocycles. The summed E-state index contributed by atoms with van der Waals surface area (Å²) >= 11 is 5.85. The number of amides is 12. The van der Waals surface area contributed by atoms with E-state index in [2.05, 4.69) is 0 Å². The van der Waals surface area contributed by atoms with Crippen LogP contribution in [0.25, 0.3) is 0 Å². The van der Waals surface area contributed by atoms with Gasteiger partial charge in [0.15, 0.2) is 0 Å². The van der Waals surface area contributed by atoms with Crippen LogP contribution in [-0.4, -0.2) is 129 Å². The number of imide groups is 6. The van der Waals surface area contributed by atoms with Gasteiger partial charge in [0, 0.05) is 29.3 Å². The molecule has 12 aromatic carbocycles. The first-order chi connectivity index (χ1) is 63.2. The second-order valence-electron chi connectivity index (χ2n) is 30.2. The average molecular weight is 1800 g/mol. The summed E-state index contributed by atoms with van der Waals surface area (Å²) < 4.78 is 5.08. The molecule has 18 rings (SSSR count). The fraction of sp³-hybridized carbons (Fsp3) is 0.133. The number of hydrogen-bond acceptors (Lipinski definition) is 24. The Kier molecular flexibility index (Phi) is 29.1. The van der Waals surface area contributed by atoms with Crippen LogP contribution >= 0.6 is 11.6 Å². The minimum Gasteiger partial charge on any atom is -0.497 e. The number of fused-ring (bicyclic) bond motifs is 6.